The van der Waals surface area contributed by atoms with Gasteiger partial charge in [0.1, 0.15) is 11.3 Å². The van der Waals surface area contributed by atoms with Gasteiger partial charge in [0.15, 0.2) is 0 Å². The van der Waals surface area contributed by atoms with E-state index in [0.717, 1.165) is 0 Å². The van der Waals surface area contributed by atoms with E-state index in [9.17, 15) is 14.3 Å². The van der Waals surface area contributed by atoms with Crippen LogP contribution in [0.15, 0.2) is 0 Å². The van der Waals surface area contributed by atoms with Crippen molar-refractivity contribution < 1.29 is 19.0 Å². The summed E-state index contributed by atoms with van der Waals surface area (Å²) in [6, 6.07) is 0. The standard InChI is InChI=1S/C14H25FO3/c1-12(2,3)18-11(17)13(4,5)14(15)8-6-10(16)7-9-14/h10,16H,6-9H2,1-5H3. The molecule has 0 unspecified atom stereocenters. The molecule has 1 N–H and O–H groups in total. The topological polar surface area (TPSA) is 46.5 Å². The van der Waals surface area contributed by atoms with Crippen LogP contribution in [0.4, 0.5) is 4.39 Å². The second-order valence-corrected chi connectivity index (χ2v) is 6.82. The van der Waals surface area contributed by atoms with E-state index in [1.54, 1.807) is 34.6 Å². The first-order valence-corrected chi connectivity index (χ1v) is 6.58. The molecule has 0 aliphatic heterocycles. The van der Waals surface area contributed by atoms with Crippen LogP contribution in [0.3, 0.4) is 0 Å². The van der Waals surface area contributed by atoms with E-state index < -0.39 is 28.8 Å². The molecule has 0 bridgehead atoms. The maximum atomic E-state index is 14.9. The first-order chi connectivity index (χ1) is 7.98. The van der Waals surface area contributed by atoms with Crippen molar-refractivity contribution in [3.8, 4) is 0 Å². The first kappa shape index (κ1) is 15.4. The Hall–Kier alpha value is -0.640. The molecule has 0 saturated heterocycles. The molecule has 0 aromatic carbocycles. The molecule has 0 atom stereocenters. The van der Waals surface area contributed by atoms with Gasteiger partial charge < -0.3 is 9.84 Å². The van der Waals surface area contributed by atoms with E-state index >= 15 is 0 Å². The van der Waals surface area contributed by atoms with Crippen LogP contribution in [0.1, 0.15) is 60.3 Å². The van der Waals surface area contributed by atoms with Crippen molar-refractivity contribution in [2.75, 3.05) is 0 Å². The Morgan fingerprint density at radius 1 is 1.22 bits per heavy atom. The molecule has 18 heavy (non-hydrogen) atoms. The maximum Gasteiger partial charge on any atom is 0.315 e. The van der Waals surface area contributed by atoms with Gasteiger partial charge in [-0.05, 0) is 60.3 Å². The van der Waals surface area contributed by atoms with Crippen molar-refractivity contribution in [3.63, 3.8) is 0 Å². The lowest BCUT2D eigenvalue weighted by Gasteiger charge is -2.43. The van der Waals surface area contributed by atoms with Crippen molar-refractivity contribution in [3.05, 3.63) is 0 Å². The summed E-state index contributed by atoms with van der Waals surface area (Å²) < 4.78 is 20.2. The summed E-state index contributed by atoms with van der Waals surface area (Å²) in [4.78, 5) is 12.1. The lowest BCUT2D eigenvalue weighted by atomic mass is 9.68. The lowest BCUT2D eigenvalue weighted by Crippen LogP contribution is -2.51. The fourth-order valence-electron chi connectivity index (χ4n) is 2.27. The molecule has 106 valence electrons. The number of esters is 1. The molecular formula is C14H25FO3. The number of rotatable bonds is 2. The van der Waals surface area contributed by atoms with Gasteiger partial charge >= 0.3 is 5.97 Å². The zero-order valence-corrected chi connectivity index (χ0v) is 12.0. The number of hydrogen-bond acceptors (Lipinski definition) is 3. The SMILES string of the molecule is CC(C)(C)OC(=O)C(C)(C)C1(F)CCC(O)CC1. The molecule has 4 heteroatoms. The molecule has 1 aliphatic rings. The third-order valence-electron chi connectivity index (χ3n) is 3.78. The van der Waals surface area contributed by atoms with Crippen molar-refractivity contribution in [2.45, 2.75) is 77.7 Å². The Morgan fingerprint density at radius 2 is 1.67 bits per heavy atom. The van der Waals surface area contributed by atoms with Gasteiger partial charge in [-0.25, -0.2) is 4.39 Å². The zero-order valence-electron chi connectivity index (χ0n) is 12.0. The largest absolute Gasteiger partial charge is 0.459 e. The normalized spacial score (nSPS) is 30.1. The van der Waals surface area contributed by atoms with Crippen LogP contribution in [-0.4, -0.2) is 28.4 Å². The number of carbonyl (C=O) groups is 1. The molecule has 0 aromatic heterocycles. The number of aliphatic hydroxyl groups is 1. The molecule has 1 fully saturated rings. The van der Waals surface area contributed by atoms with Crippen molar-refractivity contribution in [1.29, 1.82) is 0 Å². The zero-order chi connectivity index (χ0) is 14.2. The molecule has 0 radical (unpaired) electrons. The fourth-order valence-corrected chi connectivity index (χ4v) is 2.27. The number of aliphatic hydroxyl groups excluding tert-OH is 1. The highest BCUT2D eigenvalue weighted by Crippen LogP contribution is 2.46. The van der Waals surface area contributed by atoms with Gasteiger partial charge in [0.2, 0.25) is 0 Å². The summed E-state index contributed by atoms with van der Waals surface area (Å²) in [6.45, 7) is 8.51. The van der Waals surface area contributed by atoms with Gasteiger partial charge in [0, 0.05) is 0 Å². The minimum absolute atomic E-state index is 0.209. The highest BCUT2D eigenvalue weighted by atomic mass is 19.1. The molecule has 1 rings (SSSR count). The quantitative estimate of drug-likeness (QED) is 0.776. The van der Waals surface area contributed by atoms with E-state index in [2.05, 4.69) is 0 Å². The van der Waals surface area contributed by atoms with Crippen LogP contribution in [-0.2, 0) is 9.53 Å². The predicted octanol–water partition coefficient (Wildman–Crippen LogP) is 3.00. The molecule has 3 nitrogen and oxygen atoms in total. The molecular weight excluding hydrogens is 235 g/mol. The Morgan fingerprint density at radius 3 is 2.06 bits per heavy atom. The van der Waals surface area contributed by atoms with E-state index in [-0.39, 0.29) is 12.8 Å². The van der Waals surface area contributed by atoms with E-state index in [4.69, 9.17) is 4.74 Å². The number of carbonyl (C=O) groups excluding carboxylic acids is 1. The van der Waals surface area contributed by atoms with Crippen LogP contribution >= 0.6 is 0 Å². The minimum Gasteiger partial charge on any atom is -0.459 e. The fraction of sp³-hybridized carbons (Fsp3) is 0.929. The van der Waals surface area contributed by atoms with Crippen LogP contribution < -0.4 is 0 Å². The van der Waals surface area contributed by atoms with Gasteiger partial charge in [0.25, 0.3) is 0 Å². The summed E-state index contributed by atoms with van der Waals surface area (Å²) in [5, 5.41) is 9.45. The third kappa shape index (κ3) is 3.22. The predicted molar refractivity (Wildman–Crippen MR) is 67.9 cm³/mol. The van der Waals surface area contributed by atoms with Crippen LogP contribution in [0, 0.1) is 5.41 Å². The van der Waals surface area contributed by atoms with Gasteiger partial charge in [-0.3, -0.25) is 4.79 Å². The molecule has 1 saturated carbocycles. The Bertz CT molecular complexity index is 309. The van der Waals surface area contributed by atoms with E-state index in [1.165, 1.54) is 0 Å². The van der Waals surface area contributed by atoms with Gasteiger partial charge in [0.05, 0.1) is 11.5 Å². The second kappa shape index (κ2) is 4.80. The maximum absolute atomic E-state index is 14.9. The monoisotopic (exact) mass is 260 g/mol. The number of ether oxygens (including phenoxy) is 1. The summed E-state index contributed by atoms with van der Waals surface area (Å²) >= 11 is 0. The van der Waals surface area contributed by atoms with Crippen LogP contribution in [0.25, 0.3) is 0 Å². The number of halogens is 1. The summed E-state index contributed by atoms with van der Waals surface area (Å²) in [5.74, 6) is -0.506. The molecule has 0 heterocycles. The number of hydrogen-bond donors (Lipinski definition) is 1. The van der Waals surface area contributed by atoms with Crippen LogP contribution in [0.2, 0.25) is 0 Å². The summed E-state index contributed by atoms with van der Waals surface area (Å²) in [6.07, 6.45) is 0.787. The molecule has 0 spiro atoms. The van der Waals surface area contributed by atoms with Gasteiger partial charge in [-0.15, -0.1) is 0 Å². The first-order valence-electron chi connectivity index (χ1n) is 6.58. The molecule has 0 aromatic rings. The van der Waals surface area contributed by atoms with E-state index in [1.807, 2.05) is 0 Å². The van der Waals surface area contributed by atoms with Crippen LogP contribution in [0.5, 0.6) is 0 Å². The van der Waals surface area contributed by atoms with E-state index in [0.29, 0.717) is 12.8 Å². The summed E-state index contributed by atoms with van der Waals surface area (Å²) in [7, 11) is 0. The second-order valence-electron chi connectivity index (χ2n) is 6.82. The average Bonchev–Trinajstić information content (AvgIpc) is 2.20. The lowest BCUT2D eigenvalue weighted by molar-refractivity contribution is -0.179. The van der Waals surface area contributed by atoms with Crippen molar-refractivity contribution >= 4 is 5.97 Å². The Balaban J connectivity index is 2.81. The highest BCUT2D eigenvalue weighted by Gasteiger charge is 2.53. The number of alkyl halides is 1. The molecule has 0 amide bonds. The smallest absolute Gasteiger partial charge is 0.315 e. The van der Waals surface area contributed by atoms with Crippen molar-refractivity contribution in [2.24, 2.45) is 5.41 Å². The average molecular weight is 260 g/mol. The minimum atomic E-state index is -1.59. The summed E-state index contributed by atoms with van der Waals surface area (Å²) in [5.41, 5.74) is -3.38. The van der Waals surface area contributed by atoms with Gasteiger partial charge in [-0.2, -0.15) is 0 Å². The Kier molecular flexibility index (Phi) is 4.11. The molecule has 1 aliphatic carbocycles. The van der Waals surface area contributed by atoms with Gasteiger partial charge in [-0.1, -0.05) is 0 Å². The Labute approximate surface area is 109 Å². The third-order valence-corrected chi connectivity index (χ3v) is 3.78. The highest BCUT2D eigenvalue weighted by molar-refractivity contribution is 5.78. The van der Waals surface area contributed by atoms with Crippen molar-refractivity contribution in [1.82, 2.24) is 0 Å².